The van der Waals surface area contributed by atoms with E-state index in [1.54, 1.807) is 0 Å². The fourth-order valence-corrected chi connectivity index (χ4v) is 1.51. The molecular formula is C13H21F3O2. The number of halogens is 3. The lowest BCUT2D eigenvalue weighted by Crippen LogP contribution is -2.35. The van der Waals surface area contributed by atoms with E-state index in [2.05, 4.69) is 18.2 Å². The molecule has 0 aliphatic carbocycles. The molecule has 106 valence electrons. The van der Waals surface area contributed by atoms with Crippen LogP contribution in [0.5, 0.6) is 0 Å². The Labute approximate surface area is 106 Å². The van der Waals surface area contributed by atoms with Gasteiger partial charge in [0.05, 0.1) is 0 Å². The minimum Gasteiger partial charge on any atom is -0.395 e. The quantitative estimate of drug-likeness (QED) is 0.333. The molecule has 1 atom stereocenters. The minimum absolute atomic E-state index is 0.302. The number of carbonyl (C=O) groups excluding carboxylic acids is 1. The highest BCUT2D eigenvalue weighted by Crippen LogP contribution is 2.27. The van der Waals surface area contributed by atoms with Crippen molar-refractivity contribution >= 4 is 5.97 Å². The molecule has 5 heteroatoms. The van der Waals surface area contributed by atoms with Gasteiger partial charge in [-0.25, -0.2) is 9.18 Å². The van der Waals surface area contributed by atoms with Gasteiger partial charge in [-0.3, -0.25) is 0 Å². The molecule has 2 nitrogen and oxygen atoms in total. The first-order chi connectivity index (χ1) is 8.44. The van der Waals surface area contributed by atoms with E-state index in [1.165, 1.54) is 0 Å². The summed E-state index contributed by atoms with van der Waals surface area (Å²) in [5.41, 5.74) is 0. The van der Waals surface area contributed by atoms with Crippen molar-refractivity contribution in [2.45, 2.75) is 64.1 Å². The third kappa shape index (κ3) is 7.35. The Balaban J connectivity index is 3.81. The largest absolute Gasteiger partial charge is 0.432 e. The van der Waals surface area contributed by atoms with Crippen LogP contribution in [0.4, 0.5) is 13.2 Å². The Bertz CT molecular complexity index is 255. The lowest BCUT2D eigenvalue weighted by atomic mass is 10.1. The fourth-order valence-electron chi connectivity index (χ4n) is 1.51. The van der Waals surface area contributed by atoms with E-state index in [1.807, 2.05) is 0 Å². The Kier molecular flexibility index (Phi) is 8.50. The van der Waals surface area contributed by atoms with Crippen LogP contribution in [0.3, 0.4) is 0 Å². The van der Waals surface area contributed by atoms with Crippen LogP contribution in [0.25, 0.3) is 0 Å². The van der Waals surface area contributed by atoms with Gasteiger partial charge in [0.1, 0.15) is 0 Å². The highest BCUT2D eigenvalue weighted by Gasteiger charge is 2.43. The number of alkyl halides is 3. The monoisotopic (exact) mass is 266 g/mol. The Morgan fingerprint density at radius 3 is 2.39 bits per heavy atom. The van der Waals surface area contributed by atoms with E-state index in [-0.39, 0.29) is 6.42 Å². The Morgan fingerprint density at radius 2 is 1.83 bits per heavy atom. The molecule has 0 saturated heterocycles. The van der Waals surface area contributed by atoms with Gasteiger partial charge in [-0.05, 0) is 6.42 Å². The van der Waals surface area contributed by atoms with Crippen LogP contribution in [0, 0.1) is 0 Å². The second-order valence-corrected chi connectivity index (χ2v) is 4.21. The predicted octanol–water partition coefficient (Wildman–Crippen LogP) is 4.40. The van der Waals surface area contributed by atoms with Crippen molar-refractivity contribution in [3.05, 3.63) is 12.7 Å². The van der Waals surface area contributed by atoms with Gasteiger partial charge in [-0.1, -0.05) is 52.0 Å². The van der Waals surface area contributed by atoms with Gasteiger partial charge in [0, 0.05) is 6.08 Å². The van der Waals surface area contributed by atoms with Gasteiger partial charge < -0.3 is 4.74 Å². The van der Waals surface area contributed by atoms with Crippen LogP contribution in [0.2, 0.25) is 0 Å². The molecule has 0 amide bonds. The van der Waals surface area contributed by atoms with Gasteiger partial charge >= 0.3 is 12.1 Å². The molecule has 18 heavy (non-hydrogen) atoms. The minimum atomic E-state index is -4.06. The summed E-state index contributed by atoms with van der Waals surface area (Å²) >= 11 is 0. The smallest absolute Gasteiger partial charge is 0.395 e. The van der Waals surface area contributed by atoms with Crippen molar-refractivity contribution in [2.24, 2.45) is 0 Å². The topological polar surface area (TPSA) is 26.3 Å². The summed E-state index contributed by atoms with van der Waals surface area (Å²) < 4.78 is 42.9. The molecule has 0 aliphatic heterocycles. The van der Waals surface area contributed by atoms with E-state index in [0.29, 0.717) is 18.9 Å². The average Bonchev–Trinajstić information content (AvgIpc) is 2.32. The van der Waals surface area contributed by atoms with Gasteiger partial charge in [-0.15, -0.1) is 0 Å². The lowest BCUT2D eigenvalue weighted by molar-refractivity contribution is -0.258. The van der Waals surface area contributed by atoms with Crippen LogP contribution in [-0.4, -0.2) is 18.2 Å². The third-order valence-corrected chi connectivity index (χ3v) is 2.58. The first kappa shape index (κ1) is 17.0. The molecule has 0 aromatic carbocycles. The summed E-state index contributed by atoms with van der Waals surface area (Å²) in [5, 5.41) is 0. The van der Waals surface area contributed by atoms with Crippen molar-refractivity contribution in [1.29, 1.82) is 0 Å². The Hall–Kier alpha value is -1.00. The second kappa shape index (κ2) is 9.00. The van der Waals surface area contributed by atoms with E-state index < -0.39 is 18.2 Å². The molecule has 0 radical (unpaired) electrons. The molecule has 0 rings (SSSR count). The maximum absolute atomic E-state index is 13.2. The van der Waals surface area contributed by atoms with Crippen LogP contribution >= 0.6 is 0 Å². The molecule has 0 N–H and O–H groups in total. The highest BCUT2D eigenvalue weighted by molar-refractivity contribution is 5.81. The summed E-state index contributed by atoms with van der Waals surface area (Å²) in [5.74, 6) is -1.31. The zero-order chi connectivity index (χ0) is 14.0. The number of ether oxygens (including phenoxy) is 1. The van der Waals surface area contributed by atoms with Crippen LogP contribution in [0.15, 0.2) is 12.7 Å². The molecule has 1 unspecified atom stereocenters. The Morgan fingerprint density at radius 1 is 1.28 bits per heavy atom. The number of hydrogen-bond donors (Lipinski definition) is 0. The van der Waals surface area contributed by atoms with Crippen molar-refractivity contribution in [3.63, 3.8) is 0 Å². The molecular weight excluding hydrogens is 245 g/mol. The van der Waals surface area contributed by atoms with Gasteiger partial charge in [0.15, 0.2) is 0 Å². The summed E-state index contributed by atoms with van der Waals surface area (Å²) in [6.07, 6.45) is -0.990. The zero-order valence-corrected chi connectivity index (χ0v) is 10.8. The zero-order valence-electron chi connectivity index (χ0n) is 10.8. The number of hydrogen-bond acceptors (Lipinski definition) is 2. The number of rotatable bonds is 10. The molecule has 0 spiro atoms. The first-order valence-electron chi connectivity index (χ1n) is 6.31. The number of unbranched alkanes of at least 4 members (excludes halogenated alkanes) is 5. The summed E-state index contributed by atoms with van der Waals surface area (Å²) in [4.78, 5) is 10.6. The van der Waals surface area contributed by atoms with E-state index >= 15 is 0 Å². The van der Waals surface area contributed by atoms with Crippen molar-refractivity contribution < 1.29 is 22.7 Å². The average molecular weight is 266 g/mol. The van der Waals surface area contributed by atoms with Gasteiger partial charge in [0.2, 0.25) is 6.17 Å². The van der Waals surface area contributed by atoms with Crippen LogP contribution in [0.1, 0.15) is 51.9 Å². The molecule has 0 aliphatic rings. The van der Waals surface area contributed by atoms with Crippen molar-refractivity contribution in [3.8, 4) is 0 Å². The van der Waals surface area contributed by atoms with Crippen LogP contribution < -0.4 is 0 Å². The van der Waals surface area contributed by atoms with Crippen molar-refractivity contribution in [2.75, 3.05) is 0 Å². The first-order valence-corrected chi connectivity index (χ1v) is 6.31. The van der Waals surface area contributed by atoms with Crippen molar-refractivity contribution in [1.82, 2.24) is 0 Å². The standard InChI is InChI=1S/C13H21F3O2/c1-3-5-6-7-8-9-10-11(14)13(15,16)18-12(17)4-2/h4,11H,2-3,5-10H2,1H3. The fraction of sp³-hybridized carbons (Fsp3) is 0.769. The van der Waals surface area contributed by atoms with E-state index in [0.717, 1.165) is 25.7 Å². The molecule has 0 aromatic heterocycles. The summed E-state index contributed by atoms with van der Waals surface area (Å²) in [7, 11) is 0. The van der Waals surface area contributed by atoms with Gasteiger partial charge in [0.25, 0.3) is 0 Å². The predicted molar refractivity (Wildman–Crippen MR) is 64.1 cm³/mol. The summed E-state index contributed by atoms with van der Waals surface area (Å²) in [6, 6.07) is 0. The SMILES string of the molecule is C=CC(=O)OC(F)(F)C(F)CCCCCCCC. The number of esters is 1. The van der Waals surface area contributed by atoms with E-state index in [4.69, 9.17) is 0 Å². The van der Waals surface area contributed by atoms with Crippen LogP contribution in [-0.2, 0) is 9.53 Å². The molecule has 0 fully saturated rings. The van der Waals surface area contributed by atoms with E-state index in [9.17, 15) is 18.0 Å². The van der Waals surface area contributed by atoms with Gasteiger partial charge in [-0.2, -0.15) is 8.78 Å². The lowest BCUT2D eigenvalue weighted by Gasteiger charge is -2.19. The third-order valence-electron chi connectivity index (χ3n) is 2.58. The maximum Gasteiger partial charge on any atom is 0.432 e. The maximum atomic E-state index is 13.2. The second-order valence-electron chi connectivity index (χ2n) is 4.21. The normalized spacial score (nSPS) is 13.1. The summed E-state index contributed by atoms with van der Waals surface area (Å²) in [6.45, 7) is 5.05. The molecule has 0 aromatic rings. The molecule has 0 heterocycles. The highest BCUT2D eigenvalue weighted by atomic mass is 19.3. The number of carbonyl (C=O) groups is 1. The molecule has 0 saturated carbocycles. The molecule has 0 bridgehead atoms.